The van der Waals surface area contributed by atoms with Crippen molar-refractivity contribution in [1.82, 2.24) is 0 Å². The molecule has 0 heterocycles. The maximum atomic E-state index is 13.3. The number of ether oxygens (including phenoxy) is 1. The summed E-state index contributed by atoms with van der Waals surface area (Å²) in [7, 11) is 0. The van der Waals surface area contributed by atoms with Gasteiger partial charge in [0.25, 0.3) is 0 Å². The van der Waals surface area contributed by atoms with Gasteiger partial charge in [-0.25, -0.2) is 0 Å². The lowest BCUT2D eigenvalue weighted by Crippen LogP contribution is -2.02. The maximum absolute atomic E-state index is 13.3. The molecule has 16 heavy (non-hydrogen) atoms. The van der Waals surface area contributed by atoms with Crippen LogP contribution < -0.4 is 4.74 Å². The van der Waals surface area contributed by atoms with Crippen molar-refractivity contribution in [3.05, 3.63) is 33.6 Å². The van der Waals surface area contributed by atoms with Gasteiger partial charge in [0.05, 0.1) is 22.7 Å². The van der Waals surface area contributed by atoms with Gasteiger partial charge in [0.2, 0.25) is 11.6 Å². The number of nitro groups is 1. The number of nitriles is 1. The normalized spacial score (nSPS) is 14.2. The van der Waals surface area contributed by atoms with E-state index in [-0.39, 0.29) is 17.4 Å². The number of benzene rings is 1. The topological polar surface area (TPSA) is 76.2 Å². The predicted octanol–water partition coefficient (Wildman–Crippen LogP) is 2.15. The summed E-state index contributed by atoms with van der Waals surface area (Å²) in [6.07, 6.45) is 1.51. The van der Waals surface area contributed by atoms with Gasteiger partial charge in [0, 0.05) is 6.07 Å². The molecule has 0 aromatic heterocycles. The molecule has 1 fully saturated rings. The lowest BCUT2D eigenvalue weighted by Gasteiger charge is -2.05. The Morgan fingerprint density at radius 3 is 2.75 bits per heavy atom. The molecule has 0 spiro atoms. The van der Waals surface area contributed by atoms with E-state index in [0.717, 1.165) is 18.9 Å². The number of rotatable bonds is 3. The summed E-state index contributed by atoms with van der Waals surface area (Å²) in [6.45, 7) is 0. The number of halogens is 1. The van der Waals surface area contributed by atoms with E-state index >= 15 is 0 Å². The van der Waals surface area contributed by atoms with Crippen LogP contribution in [0.5, 0.6) is 5.75 Å². The van der Waals surface area contributed by atoms with Gasteiger partial charge in [-0.3, -0.25) is 10.1 Å². The van der Waals surface area contributed by atoms with Crippen LogP contribution in [0.4, 0.5) is 10.1 Å². The summed E-state index contributed by atoms with van der Waals surface area (Å²) in [5.41, 5.74) is -0.690. The first-order chi connectivity index (χ1) is 7.61. The molecule has 1 aromatic rings. The highest BCUT2D eigenvalue weighted by molar-refractivity contribution is 5.52. The van der Waals surface area contributed by atoms with Crippen molar-refractivity contribution in [2.75, 3.05) is 0 Å². The fourth-order valence-corrected chi connectivity index (χ4v) is 1.27. The first-order valence-corrected chi connectivity index (χ1v) is 4.66. The molecule has 6 heteroatoms. The van der Waals surface area contributed by atoms with Crippen molar-refractivity contribution in [2.45, 2.75) is 18.9 Å². The summed E-state index contributed by atoms with van der Waals surface area (Å²) in [5.74, 6) is -1.20. The Hall–Kier alpha value is -2.16. The Kier molecular flexibility index (Phi) is 2.44. The molecule has 0 aliphatic heterocycles. The van der Waals surface area contributed by atoms with Gasteiger partial charge >= 0.3 is 5.69 Å². The van der Waals surface area contributed by atoms with Gasteiger partial charge in [-0.15, -0.1) is 0 Å². The van der Waals surface area contributed by atoms with E-state index < -0.39 is 16.4 Å². The fourth-order valence-electron chi connectivity index (χ4n) is 1.27. The molecule has 5 nitrogen and oxygen atoms in total. The van der Waals surface area contributed by atoms with Crippen molar-refractivity contribution in [3.63, 3.8) is 0 Å². The first kappa shape index (κ1) is 10.4. The third kappa shape index (κ3) is 1.93. The lowest BCUT2D eigenvalue weighted by molar-refractivity contribution is -0.388. The van der Waals surface area contributed by atoms with E-state index in [4.69, 9.17) is 10.00 Å². The zero-order valence-corrected chi connectivity index (χ0v) is 8.14. The van der Waals surface area contributed by atoms with Crippen LogP contribution in [0.3, 0.4) is 0 Å². The van der Waals surface area contributed by atoms with Crippen molar-refractivity contribution in [3.8, 4) is 11.8 Å². The molecule has 82 valence electrons. The Bertz CT molecular complexity index is 492. The van der Waals surface area contributed by atoms with Crippen molar-refractivity contribution in [1.29, 1.82) is 5.26 Å². The molecular weight excluding hydrogens is 215 g/mol. The van der Waals surface area contributed by atoms with Crippen LogP contribution in [-0.2, 0) is 0 Å². The average molecular weight is 222 g/mol. The third-order valence-corrected chi connectivity index (χ3v) is 2.16. The predicted molar refractivity (Wildman–Crippen MR) is 51.4 cm³/mol. The quantitative estimate of drug-likeness (QED) is 0.579. The molecule has 1 aliphatic rings. The van der Waals surface area contributed by atoms with E-state index in [1.807, 2.05) is 0 Å². The van der Waals surface area contributed by atoms with E-state index in [0.29, 0.717) is 0 Å². The average Bonchev–Trinajstić information content (AvgIpc) is 3.00. The van der Waals surface area contributed by atoms with Crippen LogP contribution in [0, 0.1) is 27.3 Å². The molecule has 1 aliphatic carbocycles. The van der Waals surface area contributed by atoms with Crippen molar-refractivity contribution in [2.24, 2.45) is 0 Å². The van der Waals surface area contributed by atoms with E-state index in [1.54, 1.807) is 6.07 Å². The monoisotopic (exact) mass is 222 g/mol. The number of hydrogen-bond donors (Lipinski definition) is 0. The molecule has 2 rings (SSSR count). The minimum Gasteiger partial charge on any atom is -0.483 e. The Balaban J connectivity index is 2.47. The van der Waals surface area contributed by atoms with Crippen molar-refractivity contribution >= 4 is 5.69 Å². The van der Waals surface area contributed by atoms with Gasteiger partial charge < -0.3 is 4.74 Å². The Morgan fingerprint density at radius 2 is 2.25 bits per heavy atom. The van der Waals surface area contributed by atoms with Gasteiger partial charge in [0.1, 0.15) is 0 Å². The summed E-state index contributed by atoms with van der Waals surface area (Å²) < 4.78 is 18.6. The van der Waals surface area contributed by atoms with Crippen LogP contribution in [0.15, 0.2) is 12.1 Å². The number of hydrogen-bond acceptors (Lipinski definition) is 4. The standard InChI is InChI=1S/C10H7FN2O3/c11-8-3-6(5-12)4-9(10(8)13(14)15)16-7-1-2-7/h3-4,7H,1-2H2. The highest BCUT2D eigenvalue weighted by Gasteiger charge is 2.30. The molecule has 0 saturated heterocycles. The molecular formula is C10H7FN2O3. The van der Waals surface area contributed by atoms with Crippen LogP contribution >= 0.6 is 0 Å². The largest absolute Gasteiger partial charge is 0.483 e. The molecule has 1 aromatic carbocycles. The van der Waals surface area contributed by atoms with Gasteiger partial charge in [0.15, 0.2) is 0 Å². The van der Waals surface area contributed by atoms with E-state index in [1.165, 1.54) is 6.07 Å². The smallest absolute Gasteiger partial charge is 0.346 e. The third-order valence-electron chi connectivity index (χ3n) is 2.16. The molecule has 0 amide bonds. The maximum Gasteiger partial charge on any atom is 0.346 e. The molecule has 0 N–H and O–H groups in total. The molecule has 0 atom stereocenters. The second kappa shape index (κ2) is 3.77. The summed E-state index contributed by atoms with van der Waals surface area (Å²) in [5, 5.41) is 19.3. The summed E-state index contributed by atoms with van der Waals surface area (Å²) >= 11 is 0. The van der Waals surface area contributed by atoms with Crippen LogP contribution in [0.1, 0.15) is 18.4 Å². The van der Waals surface area contributed by atoms with Crippen molar-refractivity contribution < 1.29 is 14.1 Å². The Morgan fingerprint density at radius 1 is 1.56 bits per heavy atom. The Labute approximate surface area is 90.2 Å². The highest BCUT2D eigenvalue weighted by Crippen LogP contribution is 2.35. The SMILES string of the molecule is N#Cc1cc(F)c([N+](=O)[O-])c(OC2CC2)c1. The second-order valence-electron chi connectivity index (χ2n) is 3.49. The second-order valence-corrected chi connectivity index (χ2v) is 3.49. The lowest BCUT2D eigenvalue weighted by atomic mass is 10.2. The molecule has 0 radical (unpaired) electrons. The minimum absolute atomic E-state index is 0.0127. The molecule has 1 saturated carbocycles. The van der Waals surface area contributed by atoms with Gasteiger partial charge in [-0.05, 0) is 18.9 Å². The van der Waals surface area contributed by atoms with E-state index in [2.05, 4.69) is 0 Å². The zero-order valence-electron chi connectivity index (χ0n) is 8.14. The van der Waals surface area contributed by atoms with Gasteiger partial charge in [-0.2, -0.15) is 9.65 Å². The molecule has 0 unspecified atom stereocenters. The van der Waals surface area contributed by atoms with Crippen LogP contribution in [-0.4, -0.2) is 11.0 Å². The van der Waals surface area contributed by atoms with Crippen LogP contribution in [0.25, 0.3) is 0 Å². The number of nitrogens with zero attached hydrogens (tertiary/aromatic N) is 2. The minimum atomic E-state index is -1.04. The van der Waals surface area contributed by atoms with Gasteiger partial charge in [-0.1, -0.05) is 0 Å². The molecule has 0 bridgehead atoms. The zero-order chi connectivity index (χ0) is 11.7. The highest BCUT2D eigenvalue weighted by atomic mass is 19.1. The number of nitro benzene ring substituents is 1. The first-order valence-electron chi connectivity index (χ1n) is 4.66. The summed E-state index contributed by atoms with van der Waals surface area (Å²) in [6, 6.07) is 3.75. The van der Waals surface area contributed by atoms with E-state index in [9.17, 15) is 14.5 Å². The fraction of sp³-hybridized carbons (Fsp3) is 0.300. The summed E-state index contributed by atoms with van der Waals surface area (Å²) in [4.78, 5) is 9.81. The van der Waals surface area contributed by atoms with Crippen LogP contribution in [0.2, 0.25) is 0 Å².